The number of aliphatic hydroxyl groups excluding tert-OH is 1. The van der Waals surface area contributed by atoms with Gasteiger partial charge in [-0.15, -0.1) is 11.3 Å². The predicted molar refractivity (Wildman–Crippen MR) is 144 cm³/mol. The number of thiophene rings is 1. The Morgan fingerprint density at radius 3 is 2.49 bits per heavy atom. The number of carbonyl (C=O) groups excluding carboxylic acids is 3. The second kappa shape index (κ2) is 12.9. The maximum atomic E-state index is 13.2. The van der Waals surface area contributed by atoms with E-state index in [9.17, 15) is 19.5 Å². The highest BCUT2D eigenvalue weighted by molar-refractivity contribution is 7.13. The monoisotopic (exact) mass is 585 g/mol. The summed E-state index contributed by atoms with van der Waals surface area (Å²) in [4.78, 5) is 43.9. The normalized spacial score (nSPS) is 10.5. The Morgan fingerprint density at radius 1 is 1.11 bits per heavy atom. The van der Waals surface area contributed by atoms with Crippen LogP contribution in [0.4, 0.5) is 16.3 Å². The SMILES string of the molecule is CNC(=O)N(CCO)Cc1csc(C(=O)Nc2c(OC)cc(Cl)cc2C(=O)Nc2ccc(Cl)cn2)c1Cl. The maximum absolute atomic E-state index is 13.2. The number of nitrogens with zero attached hydrogens (tertiary/aromatic N) is 2. The Hall–Kier alpha value is -3.09. The Bertz CT molecular complexity index is 1300. The third-order valence-electron chi connectivity index (χ3n) is 4.98. The van der Waals surface area contributed by atoms with E-state index in [-0.39, 0.29) is 57.4 Å². The minimum Gasteiger partial charge on any atom is -0.494 e. The van der Waals surface area contributed by atoms with Gasteiger partial charge >= 0.3 is 6.03 Å². The number of ether oxygens (including phenoxy) is 1. The van der Waals surface area contributed by atoms with Crippen molar-refractivity contribution >= 4 is 75.5 Å². The predicted octanol–water partition coefficient (Wildman–Crippen LogP) is 4.75. The van der Waals surface area contributed by atoms with Crippen molar-refractivity contribution in [2.45, 2.75) is 6.54 Å². The van der Waals surface area contributed by atoms with E-state index >= 15 is 0 Å². The van der Waals surface area contributed by atoms with Gasteiger partial charge in [0, 0.05) is 43.0 Å². The molecule has 0 saturated carbocycles. The molecule has 10 nitrogen and oxygen atoms in total. The largest absolute Gasteiger partial charge is 0.494 e. The first-order valence-corrected chi connectivity index (χ1v) is 12.6. The van der Waals surface area contributed by atoms with Gasteiger partial charge in [0.2, 0.25) is 0 Å². The van der Waals surface area contributed by atoms with E-state index in [4.69, 9.17) is 39.5 Å². The molecule has 3 aromatic rings. The van der Waals surface area contributed by atoms with E-state index in [1.807, 2.05) is 0 Å². The number of halogens is 3. The molecule has 0 aliphatic heterocycles. The number of anilines is 2. The van der Waals surface area contributed by atoms with Crippen LogP contribution < -0.4 is 20.7 Å². The van der Waals surface area contributed by atoms with E-state index in [2.05, 4.69) is 20.9 Å². The summed E-state index contributed by atoms with van der Waals surface area (Å²) in [5.41, 5.74) is 0.612. The molecule has 196 valence electrons. The first-order chi connectivity index (χ1) is 17.7. The minimum atomic E-state index is -0.603. The molecule has 0 unspecified atom stereocenters. The average molecular weight is 587 g/mol. The molecule has 14 heteroatoms. The van der Waals surface area contributed by atoms with Crippen LogP contribution in [0.15, 0.2) is 35.8 Å². The number of rotatable bonds is 9. The molecule has 0 atom stereocenters. The molecule has 0 radical (unpaired) electrons. The lowest BCUT2D eigenvalue weighted by Crippen LogP contribution is -2.39. The minimum absolute atomic E-state index is 0.0242. The fourth-order valence-corrected chi connectivity index (χ4v) is 4.79. The number of aromatic nitrogens is 1. The van der Waals surface area contributed by atoms with Gasteiger partial charge in [0.15, 0.2) is 0 Å². The van der Waals surface area contributed by atoms with Gasteiger partial charge in [-0.1, -0.05) is 34.8 Å². The van der Waals surface area contributed by atoms with Gasteiger partial charge < -0.3 is 30.7 Å². The highest BCUT2D eigenvalue weighted by atomic mass is 35.5. The highest BCUT2D eigenvalue weighted by Crippen LogP contribution is 2.35. The molecule has 0 spiro atoms. The van der Waals surface area contributed by atoms with Crippen molar-refractivity contribution in [3.8, 4) is 5.75 Å². The lowest BCUT2D eigenvalue weighted by molar-refractivity contribution is 0.102. The van der Waals surface area contributed by atoms with Crippen molar-refractivity contribution in [2.75, 3.05) is 37.9 Å². The Kier molecular flexibility index (Phi) is 9.95. The van der Waals surface area contributed by atoms with E-state index in [0.29, 0.717) is 10.6 Å². The first kappa shape index (κ1) is 28.5. The average Bonchev–Trinajstić information content (AvgIpc) is 3.25. The molecule has 3 rings (SSSR count). The highest BCUT2D eigenvalue weighted by Gasteiger charge is 2.24. The molecule has 0 bridgehead atoms. The van der Waals surface area contributed by atoms with Gasteiger partial charge in [0.05, 0.1) is 35.0 Å². The smallest absolute Gasteiger partial charge is 0.317 e. The van der Waals surface area contributed by atoms with Crippen molar-refractivity contribution in [2.24, 2.45) is 0 Å². The number of hydrogen-bond acceptors (Lipinski definition) is 7. The van der Waals surface area contributed by atoms with Crippen molar-refractivity contribution in [1.82, 2.24) is 15.2 Å². The molecule has 0 aliphatic carbocycles. The molecule has 37 heavy (non-hydrogen) atoms. The molecule has 2 heterocycles. The molecule has 0 fully saturated rings. The van der Waals surface area contributed by atoms with Gasteiger partial charge in [-0.25, -0.2) is 9.78 Å². The van der Waals surface area contributed by atoms with Crippen molar-refractivity contribution in [1.29, 1.82) is 0 Å². The van der Waals surface area contributed by atoms with Crippen LogP contribution in [-0.2, 0) is 6.54 Å². The number of urea groups is 1. The zero-order valence-electron chi connectivity index (χ0n) is 19.6. The standard InChI is InChI=1S/C23H22Cl3N5O5S/c1-27-23(35)31(5-6-32)10-12-11-37-20(18(12)26)22(34)30-19-15(7-14(25)8-16(19)36-2)21(33)29-17-4-3-13(24)9-28-17/h3-4,7-9,11,32H,5-6,10H2,1-2H3,(H,27,35)(H,30,34)(H,28,29,33). The molecule has 0 saturated heterocycles. The Balaban J connectivity index is 1.89. The van der Waals surface area contributed by atoms with Crippen LogP contribution in [0.3, 0.4) is 0 Å². The lowest BCUT2D eigenvalue weighted by Gasteiger charge is -2.20. The summed E-state index contributed by atoms with van der Waals surface area (Å²) in [6.45, 7) is -0.0829. The number of methoxy groups -OCH3 is 1. The second-order valence-electron chi connectivity index (χ2n) is 7.40. The second-order valence-corrected chi connectivity index (χ2v) is 9.54. The van der Waals surface area contributed by atoms with Crippen LogP contribution in [0.1, 0.15) is 25.6 Å². The van der Waals surface area contributed by atoms with Gasteiger partial charge in [-0.2, -0.15) is 0 Å². The molecule has 4 N–H and O–H groups in total. The number of nitrogens with one attached hydrogen (secondary N) is 3. The van der Waals surface area contributed by atoms with Crippen LogP contribution in [-0.4, -0.2) is 60.1 Å². The number of benzene rings is 1. The maximum Gasteiger partial charge on any atom is 0.317 e. The van der Waals surface area contributed by atoms with Crippen molar-refractivity contribution in [3.63, 3.8) is 0 Å². The summed E-state index contributed by atoms with van der Waals surface area (Å²) in [5.74, 6) is -0.819. The fourth-order valence-electron chi connectivity index (χ4n) is 3.23. The quantitative estimate of drug-likeness (QED) is 0.286. The number of carbonyl (C=O) groups is 3. The van der Waals surface area contributed by atoms with Crippen molar-refractivity contribution in [3.05, 3.63) is 66.9 Å². The topological polar surface area (TPSA) is 133 Å². The summed E-state index contributed by atoms with van der Waals surface area (Å²) in [6, 6.07) is 5.51. The number of hydrogen-bond donors (Lipinski definition) is 4. The summed E-state index contributed by atoms with van der Waals surface area (Å²) < 4.78 is 5.36. The van der Waals surface area contributed by atoms with Crippen LogP contribution in [0.2, 0.25) is 15.1 Å². The fraction of sp³-hybridized carbons (Fsp3) is 0.217. The van der Waals surface area contributed by atoms with Crippen LogP contribution >= 0.6 is 46.1 Å². The van der Waals surface area contributed by atoms with E-state index in [1.165, 1.54) is 43.5 Å². The lowest BCUT2D eigenvalue weighted by atomic mass is 10.1. The summed E-state index contributed by atoms with van der Waals surface area (Å²) >= 11 is 19.6. The van der Waals surface area contributed by atoms with Crippen molar-refractivity contribution < 1.29 is 24.2 Å². The third kappa shape index (κ3) is 7.02. The van der Waals surface area contributed by atoms with E-state index in [1.54, 1.807) is 11.4 Å². The van der Waals surface area contributed by atoms with Crippen LogP contribution in [0.5, 0.6) is 5.75 Å². The summed E-state index contributed by atoms with van der Waals surface area (Å²) in [6.07, 6.45) is 1.38. The number of amides is 4. The molecular weight excluding hydrogens is 565 g/mol. The van der Waals surface area contributed by atoms with Gasteiger partial charge in [-0.05, 0) is 23.6 Å². The van der Waals surface area contributed by atoms with E-state index < -0.39 is 17.8 Å². The van der Waals surface area contributed by atoms with E-state index in [0.717, 1.165) is 11.3 Å². The molecule has 1 aromatic carbocycles. The Morgan fingerprint density at radius 2 is 1.86 bits per heavy atom. The zero-order valence-corrected chi connectivity index (χ0v) is 22.7. The van der Waals surface area contributed by atoms with Gasteiger partial charge in [0.25, 0.3) is 11.8 Å². The molecular formula is C23H22Cl3N5O5S. The molecule has 0 aliphatic rings. The van der Waals surface area contributed by atoms with Crippen LogP contribution in [0, 0.1) is 0 Å². The first-order valence-electron chi connectivity index (χ1n) is 10.6. The number of pyridine rings is 1. The summed E-state index contributed by atoms with van der Waals surface area (Å²) in [5, 5.41) is 19.4. The molecule has 2 aromatic heterocycles. The van der Waals surface area contributed by atoms with Gasteiger partial charge in [-0.3, -0.25) is 9.59 Å². The third-order valence-corrected chi connectivity index (χ3v) is 6.99. The molecule has 4 amide bonds. The zero-order chi connectivity index (χ0) is 27.1. The summed E-state index contributed by atoms with van der Waals surface area (Å²) in [7, 11) is 2.84. The Labute approximate surface area is 231 Å². The van der Waals surface area contributed by atoms with Gasteiger partial charge in [0.1, 0.15) is 16.4 Å². The number of aliphatic hydroxyl groups is 1. The van der Waals surface area contributed by atoms with Crippen LogP contribution in [0.25, 0.3) is 0 Å².